The van der Waals surface area contributed by atoms with Crippen molar-refractivity contribution in [1.82, 2.24) is 0 Å². The zero-order valence-corrected chi connectivity index (χ0v) is 9.74. The van der Waals surface area contributed by atoms with Gasteiger partial charge in [0.1, 0.15) is 11.5 Å². The number of methoxy groups -OCH3 is 1. The van der Waals surface area contributed by atoms with E-state index < -0.39 is 0 Å². The first kappa shape index (κ1) is 12.7. The van der Waals surface area contributed by atoms with Gasteiger partial charge in [-0.05, 0) is 37.1 Å². The van der Waals surface area contributed by atoms with E-state index in [0.717, 1.165) is 24.2 Å². The van der Waals surface area contributed by atoms with Crippen LogP contribution in [0, 0.1) is 0 Å². The molecule has 0 spiro atoms. The summed E-state index contributed by atoms with van der Waals surface area (Å²) < 4.78 is 5.11. The van der Waals surface area contributed by atoms with Gasteiger partial charge in [-0.15, -0.1) is 0 Å². The number of carbonyl (C=O) groups excluding carboxylic acids is 1. The number of ketones is 1. The van der Waals surface area contributed by atoms with Crippen molar-refractivity contribution in [3.63, 3.8) is 0 Å². The predicted molar refractivity (Wildman–Crippen MR) is 64.6 cm³/mol. The van der Waals surface area contributed by atoms with Crippen LogP contribution in [-0.4, -0.2) is 19.4 Å². The molecule has 0 amide bonds. The van der Waals surface area contributed by atoms with Crippen LogP contribution in [0.3, 0.4) is 0 Å². The molecule has 1 aromatic rings. The van der Waals surface area contributed by atoms with Gasteiger partial charge in [0.25, 0.3) is 0 Å². The number of ether oxygens (including phenoxy) is 1. The average molecular weight is 221 g/mol. The number of unbranched alkanes of at least 4 members (excludes halogenated alkanes) is 1. The normalized spacial score (nSPS) is 10.1. The first-order chi connectivity index (χ1) is 7.76. The van der Waals surface area contributed by atoms with Crippen LogP contribution in [0.25, 0.3) is 0 Å². The molecule has 3 nitrogen and oxygen atoms in total. The molecule has 0 fully saturated rings. The molecule has 0 saturated carbocycles. The third kappa shape index (κ3) is 4.45. The molecule has 0 saturated heterocycles. The third-order valence-corrected chi connectivity index (χ3v) is 2.45. The number of hydrogen-bond donors (Lipinski definition) is 1. The minimum absolute atomic E-state index is 0.265. The van der Waals surface area contributed by atoms with Gasteiger partial charge in [-0.1, -0.05) is 12.1 Å². The SMILES string of the molecule is COc1cccc(CC(=O)CCCCN)c1. The summed E-state index contributed by atoms with van der Waals surface area (Å²) >= 11 is 0. The van der Waals surface area contributed by atoms with Gasteiger partial charge >= 0.3 is 0 Å². The second-order valence-corrected chi connectivity index (χ2v) is 3.81. The molecule has 0 radical (unpaired) electrons. The van der Waals surface area contributed by atoms with Crippen molar-refractivity contribution in [2.75, 3.05) is 13.7 Å². The zero-order valence-electron chi connectivity index (χ0n) is 9.74. The maximum absolute atomic E-state index is 11.6. The molecular weight excluding hydrogens is 202 g/mol. The molecular formula is C13H19NO2. The fourth-order valence-electron chi connectivity index (χ4n) is 1.56. The van der Waals surface area contributed by atoms with Gasteiger partial charge in [-0.2, -0.15) is 0 Å². The van der Waals surface area contributed by atoms with Gasteiger partial charge in [0.2, 0.25) is 0 Å². The molecule has 16 heavy (non-hydrogen) atoms. The van der Waals surface area contributed by atoms with E-state index in [2.05, 4.69) is 0 Å². The number of Topliss-reactive ketones (excluding diaryl/α,β-unsaturated/α-hetero) is 1. The lowest BCUT2D eigenvalue weighted by atomic mass is 10.0. The molecule has 1 rings (SSSR count). The molecule has 1 aromatic carbocycles. The number of carbonyl (C=O) groups is 1. The van der Waals surface area contributed by atoms with Gasteiger partial charge in [0.15, 0.2) is 0 Å². The lowest BCUT2D eigenvalue weighted by Gasteiger charge is -2.04. The Morgan fingerprint density at radius 3 is 2.88 bits per heavy atom. The van der Waals surface area contributed by atoms with E-state index in [-0.39, 0.29) is 5.78 Å². The van der Waals surface area contributed by atoms with E-state index in [1.807, 2.05) is 24.3 Å². The lowest BCUT2D eigenvalue weighted by molar-refractivity contribution is -0.118. The zero-order chi connectivity index (χ0) is 11.8. The van der Waals surface area contributed by atoms with Crippen molar-refractivity contribution in [2.24, 2.45) is 5.73 Å². The summed E-state index contributed by atoms with van der Waals surface area (Å²) in [6.45, 7) is 0.659. The van der Waals surface area contributed by atoms with Crippen molar-refractivity contribution in [2.45, 2.75) is 25.7 Å². The number of hydrogen-bond acceptors (Lipinski definition) is 3. The van der Waals surface area contributed by atoms with Crippen molar-refractivity contribution in [3.8, 4) is 5.75 Å². The first-order valence-electron chi connectivity index (χ1n) is 5.61. The van der Waals surface area contributed by atoms with Crippen LogP contribution in [0.2, 0.25) is 0 Å². The second-order valence-electron chi connectivity index (χ2n) is 3.81. The summed E-state index contributed by atoms with van der Waals surface area (Å²) in [4.78, 5) is 11.6. The summed E-state index contributed by atoms with van der Waals surface area (Å²) in [6.07, 6.45) is 2.92. The summed E-state index contributed by atoms with van der Waals surface area (Å²) in [5.74, 6) is 1.06. The Morgan fingerprint density at radius 1 is 1.38 bits per heavy atom. The van der Waals surface area contributed by atoms with Crippen LogP contribution < -0.4 is 10.5 Å². The highest BCUT2D eigenvalue weighted by molar-refractivity contribution is 5.80. The minimum Gasteiger partial charge on any atom is -0.497 e. The highest BCUT2D eigenvalue weighted by Gasteiger charge is 2.04. The number of nitrogens with two attached hydrogens (primary N) is 1. The lowest BCUT2D eigenvalue weighted by Crippen LogP contribution is -2.05. The smallest absolute Gasteiger partial charge is 0.137 e. The van der Waals surface area contributed by atoms with Crippen LogP contribution in [-0.2, 0) is 11.2 Å². The quantitative estimate of drug-likeness (QED) is 0.716. The van der Waals surface area contributed by atoms with Crippen molar-refractivity contribution >= 4 is 5.78 Å². The molecule has 0 bridgehead atoms. The molecule has 0 heterocycles. The average Bonchev–Trinajstić information content (AvgIpc) is 2.29. The first-order valence-corrected chi connectivity index (χ1v) is 5.61. The summed E-state index contributed by atoms with van der Waals surface area (Å²) in [7, 11) is 1.63. The summed E-state index contributed by atoms with van der Waals surface area (Å²) in [5, 5.41) is 0. The van der Waals surface area contributed by atoms with E-state index in [4.69, 9.17) is 10.5 Å². The fourth-order valence-corrected chi connectivity index (χ4v) is 1.56. The molecule has 0 aliphatic carbocycles. The van der Waals surface area contributed by atoms with Crippen molar-refractivity contribution in [1.29, 1.82) is 0 Å². The summed E-state index contributed by atoms with van der Waals surface area (Å²) in [5.41, 5.74) is 6.39. The van der Waals surface area contributed by atoms with E-state index in [1.165, 1.54) is 0 Å². The minimum atomic E-state index is 0.265. The molecule has 0 aromatic heterocycles. The Bertz CT molecular complexity index is 336. The highest BCUT2D eigenvalue weighted by Crippen LogP contribution is 2.13. The van der Waals surface area contributed by atoms with Gasteiger partial charge in [0.05, 0.1) is 7.11 Å². The maximum atomic E-state index is 11.6. The molecule has 0 aliphatic rings. The largest absolute Gasteiger partial charge is 0.497 e. The molecule has 88 valence electrons. The van der Waals surface area contributed by atoms with Crippen LogP contribution in [0.1, 0.15) is 24.8 Å². The third-order valence-electron chi connectivity index (χ3n) is 2.45. The van der Waals surface area contributed by atoms with E-state index >= 15 is 0 Å². The molecule has 0 unspecified atom stereocenters. The Balaban J connectivity index is 2.43. The molecule has 0 aliphatic heterocycles. The summed E-state index contributed by atoms with van der Waals surface area (Å²) in [6, 6.07) is 7.63. The van der Waals surface area contributed by atoms with Gasteiger partial charge in [-0.25, -0.2) is 0 Å². The van der Waals surface area contributed by atoms with Gasteiger partial charge in [-0.3, -0.25) is 4.79 Å². The molecule has 2 N–H and O–H groups in total. The van der Waals surface area contributed by atoms with Crippen LogP contribution in [0.5, 0.6) is 5.75 Å². The Labute approximate surface area is 96.6 Å². The predicted octanol–water partition coefficient (Wildman–Crippen LogP) is 1.94. The Kier molecular flexibility index (Phi) is 5.57. The van der Waals surface area contributed by atoms with E-state index in [0.29, 0.717) is 19.4 Å². The van der Waals surface area contributed by atoms with Crippen LogP contribution in [0.15, 0.2) is 24.3 Å². The van der Waals surface area contributed by atoms with Crippen molar-refractivity contribution in [3.05, 3.63) is 29.8 Å². The van der Waals surface area contributed by atoms with Gasteiger partial charge in [0, 0.05) is 12.8 Å². The maximum Gasteiger partial charge on any atom is 0.137 e. The highest BCUT2D eigenvalue weighted by atomic mass is 16.5. The number of rotatable bonds is 7. The molecule has 0 atom stereocenters. The van der Waals surface area contributed by atoms with E-state index in [9.17, 15) is 4.79 Å². The Hall–Kier alpha value is -1.35. The van der Waals surface area contributed by atoms with Crippen molar-refractivity contribution < 1.29 is 9.53 Å². The Morgan fingerprint density at radius 2 is 2.19 bits per heavy atom. The topological polar surface area (TPSA) is 52.3 Å². The van der Waals surface area contributed by atoms with Crippen LogP contribution in [0.4, 0.5) is 0 Å². The standard InChI is InChI=1S/C13H19NO2/c1-16-13-7-4-5-11(10-13)9-12(15)6-2-3-8-14/h4-5,7,10H,2-3,6,8-9,14H2,1H3. The monoisotopic (exact) mass is 221 g/mol. The van der Waals surface area contributed by atoms with Gasteiger partial charge < -0.3 is 10.5 Å². The second kappa shape index (κ2) is 7.01. The fraction of sp³-hybridized carbons (Fsp3) is 0.462. The van der Waals surface area contributed by atoms with E-state index in [1.54, 1.807) is 7.11 Å². The number of benzene rings is 1. The van der Waals surface area contributed by atoms with Crippen LogP contribution >= 0.6 is 0 Å². The molecule has 3 heteroatoms.